The van der Waals surface area contributed by atoms with Crippen molar-refractivity contribution < 1.29 is 0 Å². The Morgan fingerprint density at radius 3 is 2.50 bits per heavy atom. The van der Waals surface area contributed by atoms with Gasteiger partial charge < -0.3 is 0 Å². The average molecular weight is 128 g/mol. The lowest BCUT2D eigenvalue weighted by Gasteiger charge is -1.86. The maximum atomic E-state index is 2.10. The molecule has 0 spiro atoms. The predicted octanol–water partition coefficient (Wildman–Crippen LogP) is 2.83. The van der Waals surface area contributed by atoms with Crippen molar-refractivity contribution in [3.8, 4) is 0 Å². The summed E-state index contributed by atoms with van der Waals surface area (Å²) in [5, 5.41) is 0. The Morgan fingerprint density at radius 1 is 1.50 bits per heavy atom. The molecule has 0 aliphatic rings. The number of allylic oxidation sites excluding steroid dienone is 4. The molecule has 0 unspecified atom stereocenters. The van der Waals surface area contributed by atoms with Crippen molar-refractivity contribution >= 4 is 11.8 Å². The first-order valence-corrected chi connectivity index (χ1v) is 3.87. The Labute approximate surface area is 55.7 Å². The lowest BCUT2D eigenvalue weighted by atomic mass is 10.5. The first kappa shape index (κ1) is 7.83. The van der Waals surface area contributed by atoms with Crippen LogP contribution in [-0.2, 0) is 0 Å². The van der Waals surface area contributed by atoms with Crippen LogP contribution in [0.3, 0.4) is 0 Å². The van der Waals surface area contributed by atoms with Crippen LogP contribution < -0.4 is 0 Å². The molecule has 46 valence electrons. The van der Waals surface area contributed by atoms with Gasteiger partial charge in [-0.15, -0.1) is 11.8 Å². The van der Waals surface area contributed by atoms with Gasteiger partial charge in [-0.25, -0.2) is 0 Å². The molecule has 0 nitrogen and oxygen atoms in total. The summed E-state index contributed by atoms with van der Waals surface area (Å²) in [5.41, 5.74) is 0. The maximum absolute atomic E-state index is 2.10. The third-order valence-electron chi connectivity index (χ3n) is 0.845. The Bertz CT molecular complexity index is 101. The summed E-state index contributed by atoms with van der Waals surface area (Å²) in [6, 6.07) is 0. The van der Waals surface area contributed by atoms with Crippen molar-refractivity contribution in [1.82, 2.24) is 0 Å². The summed E-state index contributed by atoms with van der Waals surface area (Å²) >= 11 is 1.77. The molecule has 0 aromatic carbocycles. The van der Waals surface area contributed by atoms with E-state index in [0.29, 0.717) is 0 Å². The van der Waals surface area contributed by atoms with Gasteiger partial charge in [0.15, 0.2) is 0 Å². The van der Waals surface area contributed by atoms with Gasteiger partial charge in [-0.05, 0) is 25.0 Å². The molecule has 0 amide bonds. The molecular weight excluding hydrogens is 116 g/mol. The van der Waals surface area contributed by atoms with Crippen LogP contribution in [-0.4, -0.2) is 6.26 Å². The highest BCUT2D eigenvalue weighted by molar-refractivity contribution is 8.02. The van der Waals surface area contributed by atoms with E-state index in [4.69, 9.17) is 0 Å². The predicted molar refractivity (Wildman–Crippen MR) is 42.1 cm³/mol. The Kier molecular flexibility index (Phi) is 4.87. The van der Waals surface area contributed by atoms with Gasteiger partial charge in [-0.1, -0.05) is 18.2 Å². The van der Waals surface area contributed by atoms with Gasteiger partial charge in [-0.3, -0.25) is 0 Å². The first-order chi connectivity index (χ1) is 3.81. The molecule has 0 radical (unpaired) electrons. The van der Waals surface area contributed by atoms with E-state index in [1.807, 2.05) is 19.1 Å². The largest absolute Gasteiger partial charge is 0.134 e. The molecule has 0 aromatic heterocycles. The highest BCUT2D eigenvalue weighted by atomic mass is 32.2. The van der Waals surface area contributed by atoms with Gasteiger partial charge in [0.25, 0.3) is 0 Å². The Morgan fingerprint density at radius 2 is 2.12 bits per heavy atom. The SMILES string of the molecule is CC=CC=C(C)SC. The standard InChI is InChI=1S/C7H12S/c1-4-5-6-7(2)8-3/h4-6H,1-3H3. The monoisotopic (exact) mass is 128 g/mol. The van der Waals surface area contributed by atoms with Gasteiger partial charge >= 0.3 is 0 Å². The zero-order chi connectivity index (χ0) is 6.41. The first-order valence-electron chi connectivity index (χ1n) is 2.65. The molecule has 0 saturated heterocycles. The quantitative estimate of drug-likeness (QED) is 0.515. The van der Waals surface area contributed by atoms with E-state index < -0.39 is 0 Å². The van der Waals surface area contributed by atoms with Crippen LogP contribution in [0.1, 0.15) is 13.8 Å². The summed E-state index contributed by atoms with van der Waals surface area (Å²) in [4.78, 5) is 1.35. The van der Waals surface area contributed by atoms with Crippen molar-refractivity contribution in [3.63, 3.8) is 0 Å². The summed E-state index contributed by atoms with van der Waals surface area (Å²) in [6.45, 7) is 4.12. The minimum Gasteiger partial charge on any atom is -0.134 e. The van der Waals surface area contributed by atoms with Crippen molar-refractivity contribution in [2.75, 3.05) is 6.26 Å². The van der Waals surface area contributed by atoms with E-state index >= 15 is 0 Å². The fraction of sp³-hybridized carbons (Fsp3) is 0.429. The number of rotatable bonds is 2. The molecule has 0 saturated carbocycles. The molecule has 0 bridgehead atoms. The van der Waals surface area contributed by atoms with Crippen molar-refractivity contribution in [3.05, 3.63) is 23.1 Å². The normalized spacial score (nSPS) is 13.1. The summed E-state index contributed by atoms with van der Waals surface area (Å²) in [6.07, 6.45) is 8.26. The molecule has 0 aromatic rings. The molecule has 0 rings (SSSR count). The fourth-order valence-corrected chi connectivity index (χ4v) is 0.514. The number of hydrogen-bond acceptors (Lipinski definition) is 1. The smallest absolute Gasteiger partial charge is 0.0140 e. The molecule has 0 heterocycles. The maximum Gasteiger partial charge on any atom is -0.0140 e. The lowest BCUT2D eigenvalue weighted by Crippen LogP contribution is -1.59. The summed E-state index contributed by atoms with van der Waals surface area (Å²) < 4.78 is 0. The molecule has 0 aliphatic carbocycles. The third kappa shape index (κ3) is 4.00. The van der Waals surface area contributed by atoms with Crippen molar-refractivity contribution in [1.29, 1.82) is 0 Å². The number of hydrogen-bond donors (Lipinski definition) is 0. The minimum atomic E-state index is 1.35. The molecule has 1 heteroatoms. The van der Waals surface area contributed by atoms with Gasteiger partial charge in [-0.2, -0.15) is 0 Å². The molecule has 0 aliphatic heterocycles. The molecule has 0 fully saturated rings. The lowest BCUT2D eigenvalue weighted by molar-refractivity contribution is 1.65. The topological polar surface area (TPSA) is 0 Å². The van der Waals surface area contributed by atoms with E-state index in [-0.39, 0.29) is 0 Å². The molecule has 0 N–H and O–H groups in total. The van der Waals surface area contributed by atoms with E-state index in [0.717, 1.165) is 0 Å². The summed E-state index contributed by atoms with van der Waals surface area (Å²) in [7, 11) is 0. The highest BCUT2D eigenvalue weighted by Gasteiger charge is 1.76. The van der Waals surface area contributed by atoms with Gasteiger partial charge in [0.2, 0.25) is 0 Å². The molecule has 0 atom stereocenters. The second-order valence-corrected chi connectivity index (χ2v) is 2.56. The van der Waals surface area contributed by atoms with Gasteiger partial charge in [0.05, 0.1) is 0 Å². The van der Waals surface area contributed by atoms with E-state index in [9.17, 15) is 0 Å². The highest BCUT2D eigenvalue weighted by Crippen LogP contribution is 2.08. The van der Waals surface area contributed by atoms with Crippen molar-refractivity contribution in [2.45, 2.75) is 13.8 Å². The van der Waals surface area contributed by atoms with Gasteiger partial charge in [0, 0.05) is 0 Å². The van der Waals surface area contributed by atoms with Crippen LogP contribution in [0.15, 0.2) is 23.1 Å². The van der Waals surface area contributed by atoms with E-state index in [2.05, 4.69) is 19.3 Å². The van der Waals surface area contributed by atoms with Gasteiger partial charge in [0.1, 0.15) is 0 Å². The van der Waals surface area contributed by atoms with Crippen LogP contribution in [0.2, 0.25) is 0 Å². The third-order valence-corrected chi connectivity index (χ3v) is 1.63. The van der Waals surface area contributed by atoms with E-state index in [1.54, 1.807) is 11.8 Å². The second kappa shape index (κ2) is 4.98. The molecular formula is C7H12S. The zero-order valence-corrected chi connectivity index (χ0v) is 6.46. The Balaban J connectivity index is 3.57. The minimum absolute atomic E-state index is 1.35. The molecule has 8 heavy (non-hydrogen) atoms. The average Bonchev–Trinajstić information content (AvgIpc) is 1.83. The number of thioether (sulfide) groups is 1. The second-order valence-electron chi connectivity index (χ2n) is 1.51. The van der Waals surface area contributed by atoms with E-state index in [1.165, 1.54) is 4.91 Å². The Hall–Kier alpha value is -0.170. The summed E-state index contributed by atoms with van der Waals surface area (Å²) in [5.74, 6) is 0. The van der Waals surface area contributed by atoms with Crippen LogP contribution in [0.5, 0.6) is 0 Å². The fourth-order valence-electron chi connectivity index (χ4n) is 0.300. The van der Waals surface area contributed by atoms with Crippen LogP contribution in [0.25, 0.3) is 0 Å². The van der Waals surface area contributed by atoms with Crippen LogP contribution in [0.4, 0.5) is 0 Å². The van der Waals surface area contributed by atoms with Crippen LogP contribution >= 0.6 is 11.8 Å². The van der Waals surface area contributed by atoms with Crippen molar-refractivity contribution in [2.24, 2.45) is 0 Å². The zero-order valence-electron chi connectivity index (χ0n) is 5.64. The van der Waals surface area contributed by atoms with Crippen LogP contribution in [0, 0.1) is 0 Å².